The lowest BCUT2D eigenvalue weighted by molar-refractivity contribution is -0.146. The highest BCUT2D eigenvalue weighted by atomic mass is 35.5. The number of halogens is 1. The fraction of sp³-hybridized carbons (Fsp3) is 0.667. The van der Waals surface area contributed by atoms with Crippen molar-refractivity contribution in [3.63, 3.8) is 0 Å². The number of thiazole rings is 1. The molecule has 1 unspecified atom stereocenters. The van der Waals surface area contributed by atoms with E-state index < -0.39 is 6.04 Å². The second kappa shape index (κ2) is 6.50. The number of hydrogen-bond donors (Lipinski definition) is 1. The summed E-state index contributed by atoms with van der Waals surface area (Å²) in [4.78, 5) is 16.2. The first-order valence-corrected chi connectivity index (χ1v) is 7.44. The van der Waals surface area contributed by atoms with Crippen molar-refractivity contribution in [2.45, 2.75) is 44.7 Å². The van der Waals surface area contributed by atoms with Crippen molar-refractivity contribution in [2.75, 3.05) is 6.61 Å². The van der Waals surface area contributed by atoms with E-state index in [1.807, 2.05) is 0 Å². The number of aromatic nitrogens is 1. The molecule has 0 spiro atoms. The number of ether oxygens (including phenoxy) is 1. The van der Waals surface area contributed by atoms with Gasteiger partial charge < -0.3 is 4.74 Å². The van der Waals surface area contributed by atoms with Crippen LogP contribution in [0.1, 0.15) is 43.7 Å². The van der Waals surface area contributed by atoms with Crippen LogP contribution in [-0.4, -0.2) is 23.6 Å². The van der Waals surface area contributed by atoms with Gasteiger partial charge in [-0.3, -0.25) is 5.32 Å². The number of nitrogens with one attached hydrogen (secondary N) is 1. The van der Waals surface area contributed by atoms with Crippen LogP contribution in [0.5, 0.6) is 0 Å². The average Bonchev–Trinajstić information content (AvgIpc) is 2.97. The normalized spacial score (nSPS) is 17.9. The molecule has 0 amide bonds. The van der Waals surface area contributed by atoms with Crippen LogP contribution < -0.4 is 5.32 Å². The zero-order chi connectivity index (χ0) is 13.0. The summed E-state index contributed by atoms with van der Waals surface area (Å²) in [5.74, 6) is -0.268. The highest BCUT2D eigenvalue weighted by Gasteiger charge is 2.29. The third-order valence-electron chi connectivity index (χ3n) is 3.02. The Balaban J connectivity index is 2.08. The SMILES string of the molecule is CCOC(=O)C(NC1CCCC1)c1ncc(Cl)s1. The van der Waals surface area contributed by atoms with Gasteiger partial charge in [0.05, 0.1) is 12.8 Å². The Morgan fingerprint density at radius 3 is 2.94 bits per heavy atom. The summed E-state index contributed by atoms with van der Waals surface area (Å²) in [6.45, 7) is 2.18. The van der Waals surface area contributed by atoms with E-state index in [1.54, 1.807) is 13.1 Å². The Bertz CT molecular complexity index is 405. The second-order valence-corrected chi connectivity index (χ2v) is 6.03. The minimum atomic E-state index is -0.481. The molecule has 1 atom stereocenters. The highest BCUT2D eigenvalue weighted by molar-refractivity contribution is 7.16. The number of esters is 1. The third kappa shape index (κ3) is 3.43. The number of rotatable bonds is 5. The molecule has 0 saturated heterocycles. The molecule has 18 heavy (non-hydrogen) atoms. The number of carbonyl (C=O) groups excluding carboxylic acids is 1. The lowest BCUT2D eigenvalue weighted by Crippen LogP contribution is -2.36. The predicted molar refractivity (Wildman–Crippen MR) is 71.9 cm³/mol. The van der Waals surface area contributed by atoms with Crippen molar-refractivity contribution in [2.24, 2.45) is 0 Å². The van der Waals surface area contributed by atoms with Gasteiger partial charge in [-0.25, -0.2) is 9.78 Å². The minimum Gasteiger partial charge on any atom is -0.465 e. The van der Waals surface area contributed by atoms with Gasteiger partial charge in [0.25, 0.3) is 0 Å². The molecule has 0 radical (unpaired) electrons. The summed E-state index contributed by atoms with van der Waals surface area (Å²) in [6, 6.07) is -0.104. The molecular formula is C12H17ClN2O2S. The lowest BCUT2D eigenvalue weighted by atomic mass is 10.2. The molecule has 0 aliphatic heterocycles. The van der Waals surface area contributed by atoms with E-state index in [-0.39, 0.29) is 5.97 Å². The first-order chi connectivity index (χ1) is 8.70. The van der Waals surface area contributed by atoms with E-state index in [2.05, 4.69) is 10.3 Å². The van der Waals surface area contributed by atoms with Crippen LogP contribution in [0.2, 0.25) is 4.34 Å². The second-order valence-electron chi connectivity index (χ2n) is 4.34. The van der Waals surface area contributed by atoms with Gasteiger partial charge in [0.1, 0.15) is 9.34 Å². The van der Waals surface area contributed by atoms with Crippen molar-refractivity contribution in [3.05, 3.63) is 15.5 Å². The fourth-order valence-electron chi connectivity index (χ4n) is 2.19. The van der Waals surface area contributed by atoms with Gasteiger partial charge in [-0.15, -0.1) is 11.3 Å². The molecule has 1 aromatic rings. The minimum absolute atomic E-state index is 0.268. The maximum Gasteiger partial charge on any atom is 0.330 e. The Hall–Kier alpha value is -0.650. The van der Waals surface area contributed by atoms with Crippen LogP contribution in [-0.2, 0) is 9.53 Å². The van der Waals surface area contributed by atoms with Crippen molar-refractivity contribution in [1.82, 2.24) is 10.3 Å². The van der Waals surface area contributed by atoms with Crippen LogP contribution >= 0.6 is 22.9 Å². The van der Waals surface area contributed by atoms with Gasteiger partial charge in [-0.2, -0.15) is 0 Å². The van der Waals surface area contributed by atoms with Crippen LogP contribution in [0.4, 0.5) is 0 Å². The molecule has 1 fully saturated rings. The zero-order valence-corrected chi connectivity index (χ0v) is 11.9. The number of nitrogens with zero attached hydrogens (tertiary/aromatic N) is 1. The lowest BCUT2D eigenvalue weighted by Gasteiger charge is -2.19. The van der Waals surface area contributed by atoms with Crippen molar-refractivity contribution in [1.29, 1.82) is 0 Å². The molecule has 6 heteroatoms. The smallest absolute Gasteiger partial charge is 0.330 e. The van der Waals surface area contributed by atoms with Gasteiger partial charge in [-0.05, 0) is 19.8 Å². The molecule has 1 saturated carbocycles. The monoisotopic (exact) mass is 288 g/mol. The van der Waals surface area contributed by atoms with Crippen LogP contribution in [0, 0.1) is 0 Å². The summed E-state index contributed by atoms with van der Waals surface area (Å²) in [5.41, 5.74) is 0. The standard InChI is InChI=1S/C12H17ClN2O2S/c1-2-17-12(16)10(11-14-7-9(13)18-11)15-8-5-3-4-6-8/h7-8,10,15H,2-6H2,1H3. The Labute approximate surface area is 116 Å². The van der Waals surface area contributed by atoms with Crippen molar-refractivity contribution >= 4 is 28.9 Å². The zero-order valence-electron chi connectivity index (χ0n) is 10.3. The largest absolute Gasteiger partial charge is 0.465 e. The molecular weight excluding hydrogens is 272 g/mol. The summed E-state index contributed by atoms with van der Waals surface area (Å²) in [7, 11) is 0. The van der Waals surface area contributed by atoms with Crippen molar-refractivity contribution in [3.8, 4) is 0 Å². The average molecular weight is 289 g/mol. The Morgan fingerprint density at radius 2 is 2.39 bits per heavy atom. The summed E-state index contributed by atoms with van der Waals surface area (Å²) < 4.78 is 5.69. The van der Waals surface area contributed by atoms with E-state index in [9.17, 15) is 4.79 Å². The van der Waals surface area contributed by atoms with Gasteiger partial charge in [-0.1, -0.05) is 24.4 Å². The van der Waals surface area contributed by atoms with Crippen molar-refractivity contribution < 1.29 is 9.53 Å². The van der Waals surface area contributed by atoms with E-state index in [4.69, 9.17) is 16.3 Å². The summed E-state index contributed by atoms with van der Waals surface area (Å²) in [6.07, 6.45) is 6.21. The van der Waals surface area contributed by atoms with Crippen LogP contribution in [0.25, 0.3) is 0 Å². The number of carbonyl (C=O) groups is 1. The molecule has 1 heterocycles. The molecule has 2 rings (SSSR count). The molecule has 1 aliphatic rings. The van der Waals surface area contributed by atoms with Gasteiger partial charge in [0.2, 0.25) is 0 Å². The first-order valence-electron chi connectivity index (χ1n) is 6.24. The molecule has 100 valence electrons. The molecule has 4 nitrogen and oxygen atoms in total. The van der Waals surface area contributed by atoms with E-state index in [1.165, 1.54) is 24.2 Å². The first kappa shape index (κ1) is 13.8. The van der Waals surface area contributed by atoms with E-state index >= 15 is 0 Å². The maximum atomic E-state index is 12.0. The third-order valence-corrected chi connectivity index (χ3v) is 4.20. The fourth-order valence-corrected chi connectivity index (χ4v) is 3.17. The highest BCUT2D eigenvalue weighted by Crippen LogP contribution is 2.27. The number of hydrogen-bond acceptors (Lipinski definition) is 5. The van der Waals surface area contributed by atoms with Gasteiger partial charge >= 0.3 is 5.97 Å². The quantitative estimate of drug-likeness (QED) is 0.847. The maximum absolute atomic E-state index is 12.0. The molecule has 0 bridgehead atoms. The molecule has 0 aromatic carbocycles. The Kier molecular flexibility index (Phi) is 4.97. The topological polar surface area (TPSA) is 51.2 Å². The Morgan fingerprint density at radius 1 is 1.67 bits per heavy atom. The predicted octanol–water partition coefficient (Wildman–Crippen LogP) is 2.93. The van der Waals surface area contributed by atoms with E-state index in [0.717, 1.165) is 12.8 Å². The summed E-state index contributed by atoms with van der Waals surface area (Å²) >= 11 is 7.20. The van der Waals surface area contributed by atoms with Crippen LogP contribution in [0.15, 0.2) is 6.20 Å². The van der Waals surface area contributed by atoms with Crippen LogP contribution in [0.3, 0.4) is 0 Å². The molecule has 1 aliphatic carbocycles. The van der Waals surface area contributed by atoms with Gasteiger partial charge in [0, 0.05) is 6.04 Å². The van der Waals surface area contributed by atoms with Gasteiger partial charge in [0.15, 0.2) is 6.04 Å². The molecule has 1 aromatic heterocycles. The summed E-state index contributed by atoms with van der Waals surface area (Å²) in [5, 5.41) is 4.03. The molecule has 1 N–H and O–H groups in total. The van der Waals surface area contributed by atoms with E-state index in [0.29, 0.717) is 22.0 Å².